The van der Waals surface area contributed by atoms with Crippen molar-refractivity contribution in [2.45, 2.75) is 52.0 Å². The Kier molecular flexibility index (Phi) is 7.13. The topological polar surface area (TPSA) is 71.7 Å². The van der Waals surface area contributed by atoms with E-state index in [-0.39, 0.29) is 10.8 Å². The molecule has 0 spiro atoms. The minimum absolute atomic E-state index is 0.180. The minimum Gasteiger partial charge on any atom is -0.316 e. The maximum Gasteiger partial charge on any atom is 0.279 e. The number of fused-ring (bicyclic) bond motifs is 1. The highest BCUT2D eigenvalue weighted by Crippen LogP contribution is 2.24. The van der Waals surface area contributed by atoms with Gasteiger partial charge < -0.3 is 4.57 Å². The summed E-state index contributed by atoms with van der Waals surface area (Å²) >= 11 is 1.49. The Morgan fingerprint density at radius 3 is 2.39 bits per heavy atom. The van der Waals surface area contributed by atoms with Gasteiger partial charge in [-0.3, -0.25) is 4.79 Å². The fourth-order valence-electron chi connectivity index (χ4n) is 3.42. The van der Waals surface area contributed by atoms with E-state index < -0.39 is 10.0 Å². The lowest BCUT2D eigenvalue weighted by Gasteiger charge is -2.16. The van der Waals surface area contributed by atoms with Crippen LogP contribution in [0, 0.1) is 13.8 Å². The van der Waals surface area contributed by atoms with Gasteiger partial charge in [-0.15, -0.1) is 0 Å². The monoisotopic (exact) mass is 459 g/mol. The number of aromatic nitrogens is 1. The highest BCUT2D eigenvalue weighted by Gasteiger charge is 2.20. The van der Waals surface area contributed by atoms with Crippen LogP contribution in [-0.4, -0.2) is 36.8 Å². The van der Waals surface area contributed by atoms with E-state index in [0.29, 0.717) is 23.5 Å². The summed E-state index contributed by atoms with van der Waals surface area (Å²) in [5.74, 6) is -0.383. The minimum atomic E-state index is -3.56. The van der Waals surface area contributed by atoms with Crippen LogP contribution in [0.15, 0.2) is 46.3 Å². The van der Waals surface area contributed by atoms with E-state index in [1.807, 2.05) is 13.8 Å². The molecule has 1 amide bonds. The van der Waals surface area contributed by atoms with Gasteiger partial charge in [-0.25, -0.2) is 12.7 Å². The standard InChI is InChI=1S/C23H29N3O3S2/c1-6-8-15-25(5)31(28,29)19-12-10-18(11-13-19)22(27)24-23-26(7-2)21-17(4)16(3)9-14-20(21)30-23/h9-14H,6-8,15H2,1-5H3. The summed E-state index contributed by atoms with van der Waals surface area (Å²) in [7, 11) is -1.98. The molecule has 3 aromatic rings. The van der Waals surface area contributed by atoms with E-state index in [9.17, 15) is 13.2 Å². The molecule has 0 saturated carbocycles. The lowest BCUT2D eigenvalue weighted by atomic mass is 10.1. The average Bonchev–Trinajstić information content (AvgIpc) is 3.12. The number of sulfonamides is 1. The summed E-state index contributed by atoms with van der Waals surface area (Å²) in [6.07, 6.45) is 1.72. The van der Waals surface area contributed by atoms with Crippen molar-refractivity contribution in [3.63, 3.8) is 0 Å². The highest BCUT2D eigenvalue weighted by atomic mass is 32.2. The Hall–Kier alpha value is -2.29. The van der Waals surface area contributed by atoms with Gasteiger partial charge in [-0.05, 0) is 68.7 Å². The fraction of sp³-hybridized carbons (Fsp3) is 0.391. The van der Waals surface area contributed by atoms with Crippen LogP contribution in [0.1, 0.15) is 48.2 Å². The molecule has 0 bridgehead atoms. The summed E-state index contributed by atoms with van der Waals surface area (Å²) in [4.78, 5) is 18.0. The van der Waals surface area contributed by atoms with E-state index in [1.54, 1.807) is 7.05 Å². The molecular formula is C23H29N3O3S2. The summed E-state index contributed by atoms with van der Waals surface area (Å²) in [6, 6.07) is 10.2. The molecule has 0 fully saturated rings. The number of amides is 1. The number of carbonyl (C=O) groups is 1. The number of carbonyl (C=O) groups excluding carboxylic acids is 1. The van der Waals surface area contributed by atoms with Crippen molar-refractivity contribution in [3.05, 3.63) is 57.9 Å². The number of unbranched alkanes of at least 4 members (excludes halogenated alkanes) is 1. The molecule has 0 N–H and O–H groups in total. The van der Waals surface area contributed by atoms with Crippen molar-refractivity contribution in [2.24, 2.45) is 4.99 Å². The van der Waals surface area contributed by atoms with Crippen LogP contribution < -0.4 is 4.80 Å². The summed E-state index contributed by atoms with van der Waals surface area (Å²) < 4.78 is 29.8. The van der Waals surface area contributed by atoms with Crippen molar-refractivity contribution in [1.82, 2.24) is 8.87 Å². The molecular weight excluding hydrogens is 430 g/mol. The van der Waals surface area contributed by atoms with E-state index in [0.717, 1.165) is 23.1 Å². The zero-order chi connectivity index (χ0) is 22.8. The lowest BCUT2D eigenvalue weighted by Crippen LogP contribution is -2.27. The van der Waals surface area contributed by atoms with Crippen LogP contribution in [0.3, 0.4) is 0 Å². The molecule has 31 heavy (non-hydrogen) atoms. The quantitative estimate of drug-likeness (QED) is 0.522. The first-order valence-corrected chi connectivity index (χ1v) is 12.7. The van der Waals surface area contributed by atoms with Gasteiger partial charge in [0.05, 0.1) is 15.1 Å². The van der Waals surface area contributed by atoms with E-state index >= 15 is 0 Å². The van der Waals surface area contributed by atoms with Gasteiger partial charge in [0, 0.05) is 25.7 Å². The second kappa shape index (κ2) is 9.46. The van der Waals surface area contributed by atoms with Crippen LogP contribution in [-0.2, 0) is 16.6 Å². The van der Waals surface area contributed by atoms with Crippen molar-refractivity contribution >= 4 is 37.5 Å². The number of hydrogen-bond acceptors (Lipinski definition) is 4. The average molecular weight is 460 g/mol. The summed E-state index contributed by atoms with van der Waals surface area (Å²) in [5.41, 5.74) is 3.86. The van der Waals surface area contributed by atoms with Crippen molar-refractivity contribution in [3.8, 4) is 0 Å². The lowest BCUT2D eigenvalue weighted by molar-refractivity contribution is 0.0997. The summed E-state index contributed by atoms with van der Waals surface area (Å²) in [5, 5.41) is 0. The van der Waals surface area contributed by atoms with Crippen LogP contribution in [0.4, 0.5) is 0 Å². The Bertz CT molecular complexity index is 1270. The van der Waals surface area contributed by atoms with Crippen molar-refractivity contribution in [1.29, 1.82) is 0 Å². The van der Waals surface area contributed by atoms with Gasteiger partial charge in [0.2, 0.25) is 10.0 Å². The Labute approximate surface area is 187 Å². The van der Waals surface area contributed by atoms with Crippen LogP contribution in [0.5, 0.6) is 0 Å². The molecule has 1 heterocycles. The zero-order valence-corrected chi connectivity index (χ0v) is 20.3. The number of nitrogens with zero attached hydrogens (tertiary/aromatic N) is 3. The molecule has 6 nitrogen and oxygen atoms in total. The molecule has 3 rings (SSSR count). The number of hydrogen-bond donors (Lipinski definition) is 0. The largest absolute Gasteiger partial charge is 0.316 e. The van der Waals surface area contributed by atoms with Crippen molar-refractivity contribution < 1.29 is 13.2 Å². The molecule has 0 aliphatic carbocycles. The molecule has 0 aliphatic rings. The van der Waals surface area contributed by atoms with Gasteiger partial charge in [-0.1, -0.05) is 30.7 Å². The van der Waals surface area contributed by atoms with E-state index in [1.165, 1.54) is 51.0 Å². The number of aryl methyl sites for hydroxylation is 3. The van der Waals surface area contributed by atoms with E-state index in [4.69, 9.17) is 0 Å². The second-order valence-electron chi connectivity index (χ2n) is 7.60. The molecule has 0 saturated heterocycles. The third-order valence-electron chi connectivity index (χ3n) is 5.52. The predicted molar refractivity (Wildman–Crippen MR) is 126 cm³/mol. The van der Waals surface area contributed by atoms with Crippen LogP contribution in [0.2, 0.25) is 0 Å². The van der Waals surface area contributed by atoms with Gasteiger partial charge >= 0.3 is 0 Å². The van der Waals surface area contributed by atoms with Crippen LogP contribution in [0.25, 0.3) is 10.2 Å². The SMILES string of the molecule is CCCCN(C)S(=O)(=O)c1ccc(C(=O)N=c2sc3ccc(C)c(C)c3n2CC)cc1. The third kappa shape index (κ3) is 4.66. The smallest absolute Gasteiger partial charge is 0.279 e. The Balaban J connectivity index is 1.94. The maximum absolute atomic E-state index is 12.8. The third-order valence-corrected chi connectivity index (χ3v) is 8.43. The zero-order valence-electron chi connectivity index (χ0n) is 18.7. The van der Waals surface area contributed by atoms with Gasteiger partial charge in [-0.2, -0.15) is 4.99 Å². The molecule has 0 aliphatic heterocycles. The fourth-order valence-corrected chi connectivity index (χ4v) is 5.78. The molecule has 0 atom stereocenters. The van der Waals surface area contributed by atoms with Gasteiger partial charge in [0.15, 0.2) is 4.80 Å². The van der Waals surface area contributed by atoms with Gasteiger partial charge in [0.1, 0.15) is 0 Å². The second-order valence-corrected chi connectivity index (χ2v) is 10.7. The first-order valence-electron chi connectivity index (χ1n) is 10.5. The molecule has 8 heteroatoms. The molecule has 0 unspecified atom stereocenters. The van der Waals surface area contributed by atoms with Crippen LogP contribution >= 0.6 is 11.3 Å². The summed E-state index contributed by atoms with van der Waals surface area (Å²) in [6.45, 7) is 9.38. The molecule has 2 aromatic carbocycles. The Morgan fingerprint density at radius 2 is 1.77 bits per heavy atom. The number of rotatable bonds is 7. The first kappa shape index (κ1) is 23.4. The molecule has 0 radical (unpaired) electrons. The predicted octanol–water partition coefficient (Wildman–Crippen LogP) is 4.50. The van der Waals surface area contributed by atoms with Gasteiger partial charge in [0.25, 0.3) is 5.91 Å². The maximum atomic E-state index is 12.8. The molecule has 166 valence electrons. The first-order chi connectivity index (χ1) is 14.7. The van der Waals surface area contributed by atoms with E-state index in [2.05, 4.69) is 35.5 Å². The number of thiazole rings is 1. The van der Waals surface area contributed by atoms with Crippen molar-refractivity contribution in [2.75, 3.05) is 13.6 Å². The Morgan fingerprint density at radius 1 is 1.10 bits per heavy atom. The molecule has 1 aromatic heterocycles. The number of benzene rings is 2. The highest BCUT2D eigenvalue weighted by molar-refractivity contribution is 7.89. The normalized spacial score (nSPS) is 12.8.